The minimum absolute atomic E-state index is 0.0887. The molecular weight excluding hydrogens is 518 g/mol. The Balaban J connectivity index is 1.10. The quantitative estimate of drug-likeness (QED) is 0.354. The van der Waals surface area contributed by atoms with Crippen molar-refractivity contribution in [3.05, 3.63) is 95.7 Å². The summed E-state index contributed by atoms with van der Waals surface area (Å²) < 4.78 is 8.07. The summed E-state index contributed by atoms with van der Waals surface area (Å²) in [6.45, 7) is 7.38. The minimum Gasteiger partial charge on any atom is -0.425 e. The van der Waals surface area contributed by atoms with Crippen LogP contribution in [0.4, 0.5) is 0 Å². The van der Waals surface area contributed by atoms with Crippen molar-refractivity contribution in [2.24, 2.45) is 16.7 Å². The number of aliphatic hydroxyl groups is 1. The van der Waals surface area contributed by atoms with Crippen molar-refractivity contribution in [2.45, 2.75) is 45.4 Å². The van der Waals surface area contributed by atoms with Crippen molar-refractivity contribution < 1.29 is 14.3 Å². The molecule has 10 heteroatoms. The van der Waals surface area contributed by atoms with E-state index in [0.29, 0.717) is 50.9 Å². The lowest BCUT2D eigenvalue weighted by Crippen LogP contribution is -2.62. The molecule has 1 aliphatic carbocycles. The van der Waals surface area contributed by atoms with E-state index >= 15 is 0 Å². The molecule has 1 aromatic carbocycles. The normalized spacial score (nSPS) is 23.4. The summed E-state index contributed by atoms with van der Waals surface area (Å²) in [5.41, 5.74) is 2.77. The number of aliphatic hydroxyl groups excluding tert-OH is 1. The van der Waals surface area contributed by atoms with Gasteiger partial charge in [-0.1, -0.05) is 44.2 Å². The lowest BCUT2D eigenvalue weighted by molar-refractivity contribution is -0.146. The van der Waals surface area contributed by atoms with Gasteiger partial charge in [0.15, 0.2) is 0 Å². The van der Waals surface area contributed by atoms with E-state index in [1.165, 1.54) is 0 Å². The van der Waals surface area contributed by atoms with Crippen LogP contribution in [0.5, 0.6) is 0 Å². The second-order valence-corrected chi connectivity index (χ2v) is 12.7. The maximum absolute atomic E-state index is 13.2. The number of carbonyl (C=O) groups excluding carboxylic acids is 1. The summed E-state index contributed by atoms with van der Waals surface area (Å²) in [5, 5.41) is 24.8. The number of carbonyl (C=O) groups is 1. The predicted molar refractivity (Wildman–Crippen MR) is 149 cm³/mol. The molecule has 1 N–H and O–H groups in total. The Hall–Kier alpha value is -3.89. The number of nitrogens with zero attached hydrogens (tertiary/aromatic N) is 7. The van der Waals surface area contributed by atoms with E-state index in [1.54, 1.807) is 18.6 Å². The van der Waals surface area contributed by atoms with E-state index in [9.17, 15) is 9.90 Å². The first-order chi connectivity index (χ1) is 19.8. The number of hydrogen-bond donors (Lipinski definition) is 1. The van der Waals surface area contributed by atoms with Gasteiger partial charge < -0.3 is 14.4 Å². The van der Waals surface area contributed by atoms with Crippen molar-refractivity contribution in [1.82, 2.24) is 34.8 Å². The highest BCUT2D eigenvalue weighted by Crippen LogP contribution is 2.56. The first kappa shape index (κ1) is 26.0. The Morgan fingerprint density at radius 3 is 2.56 bits per heavy atom. The average Bonchev–Trinajstić information content (AvgIpc) is 3.41. The molecule has 10 nitrogen and oxygen atoms in total. The van der Waals surface area contributed by atoms with Gasteiger partial charge in [0, 0.05) is 61.7 Å². The lowest BCUT2D eigenvalue weighted by atomic mass is 9.71. The summed E-state index contributed by atoms with van der Waals surface area (Å²) >= 11 is 0. The van der Waals surface area contributed by atoms with Crippen LogP contribution in [-0.2, 0) is 17.8 Å². The molecule has 2 saturated heterocycles. The van der Waals surface area contributed by atoms with Crippen molar-refractivity contribution >= 4 is 5.91 Å². The monoisotopic (exact) mass is 553 g/mol. The fourth-order valence-electron chi connectivity index (χ4n) is 6.57. The molecule has 5 heterocycles. The largest absolute Gasteiger partial charge is 0.425 e. The molecule has 0 radical (unpaired) electrons. The summed E-state index contributed by atoms with van der Waals surface area (Å²) in [6, 6.07) is 14.0. The molecule has 4 aromatic rings. The third-order valence-electron chi connectivity index (χ3n) is 9.18. The molecule has 3 fully saturated rings. The van der Waals surface area contributed by atoms with Crippen molar-refractivity contribution in [2.75, 3.05) is 26.2 Å². The van der Waals surface area contributed by atoms with Crippen LogP contribution < -0.4 is 0 Å². The van der Waals surface area contributed by atoms with E-state index in [4.69, 9.17) is 4.42 Å². The molecule has 7 rings (SSSR count). The number of aromatic nitrogens is 5. The molecule has 1 spiro atoms. The van der Waals surface area contributed by atoms with Gasteiger partial charge in [0.25, 0.3) is 0 Å². The predicted octanol–water partition coefficient (Wildman–Crippen LogP) is 3.27. The second kappa shape index (κ2) is 9.88. The van der Waals surface area contributed by atoms with Gasteiger partial charge in [-0.25, -0.2) is 0 Å². The van der Waals surface area contributed by atoms with E-state index in [2.05, 4.69) is 51.2 Å². The molecule has 2 aliphatic heterocycles. The van der Waals surface area contributed by atoms with E-state index < -0.39 is 6.23 Å². The molecule has 212 valence electrons. The van der Waals surface area contributed by atoms with Gasteiger partial charge in [-0.05, 0) is 35.1 Å². The summed E-state index contributed by atoms with van der Waals surface area (Å²) in [6.07, 6.45) is 7.79. The van der Waals surface area contributed by atoms with Crippen LogP contribution in [0.2, 0.25) is 0 Å². The highest BCUT2D eigenvalue weighted by atomic mass is 16.4. The Kier molecular flexibility index (Phi) is 6.28. The maximum Gasteiger partial charge on any atom is 0.226 e. The van der Waals surface area contributed by atoms with Crippen LogP contribution >= 0.6 is 0 Å². The third-order valence-corrected chi connectivity index (χ3v) is 9.18. The minimum atomic E-state index is -0.826. The van der Waals surface area contributed by atoms with Gasteiger partial charge in [0.05, 0.1) is 25.1 Å². The molecule has 1 amide bonds. The molecular formula is C31H35N7O3. The topological polar surface area (TPSA) is 113 Å². The molecule has 41 heavy (non-hydrogen) atoms. The Labute approximate surface area is 239 Å². The summed E-state index contributed by atoms with van der Waals surface area (Å²) in [5.74, 6) is 1.38. The summed E-state index contributed by atoms with van der Waals surface area (Å²) in [4.78, 5) is 21.3. The van der Waals surface area contributed by atoms with Crippen LogP contribution in [0.3, 0.4) is 0 Å². The fourth-order valence-corrected chi connectivity index (χ4v) is 6.57. The van der Waals surface area contributed by atoms with Gasteiger partial charge in [-0.2, -0.15) is 5.10 Å². The third kappa shape index (κ3) is 4.95. The Morgan fingerprint density at radius 2 is 1.83 bits per heavy atom. The smallest absolute Gasteiger partial charge is 0.226 e. The van der Waals surface area contributed by atoms with Gasteiger partial charge in [-0.15, -0.1) is 10.2 Å². The number of hydrogen-bond acceptors (Lipinski definition) is 8. The zero-order valence-electron chi connectivity index (χ0n) is 23.4. The second-order valence-electron chi connectivity index (χ2n) is 12.7. The van der Waals surface area contributed by atoms with Crippen LogP contribution in [0, 0.1) is 16.7 Å². The molecule has 1 saturated carbocycles. The van der Waals surface area contributed by atoms with Crippen LogP contribution in [0.1, 0.15) is 60.9 Å². The molecule has 3 atom stereocenters. The van der Waals surface area contributed by atoms with Gasteiger partial charge in [0.2, 0.25) is 17.7 Å². The average molecular weight is 554 g/mol. The highest BCUT2D eigenvalue weighted by Gasteiger charge is 2.61. The van der Waals surface area contributed by atoms with Crippen LogP contribution in [0.15, 0.2) is 71.7 Å². The van der Waals surface area contributed by atoms with Gasteiger partial charge in [-0.3, -0.25) is 19.4 Å². The summed E-state index contributed by atoms with van der Waals surface area (Å²) in [7, 11) is 0. The highest BCUT2D eigenvalue weighted by molar-refractivity contribution is 5.83. The molecule has 2 unspecified atom stereocenters. The number of benzene rings is 1. The standard InChI is InChI=1S/C31H35N7O3/c1-30(2)13-24(30)29(40)37-19-31(20-37)18-36(28(39)23-14-33-38(16-23)15-22-6-4-3-5-7-22)17-25(31)27-35-34-26(41-27)12-21-8-10-32-11-9-21/h3-11,14,16,24-25,28,39H,12-13,15,17-20H2,1-2H3/t24-,25?,28?/m1/s1. The zero-order chi connectivity index (χ0) is 28.2. The zero-order valence-corrected chi connectivity index (χ0v) is 23.4. The number of amides is 1. The van der Waals surface area contributed by atoms with E-state index in [-0.39, 0.29) is 28.6 Å². The van der Waals surface area contributed by atoms with Crippen LogP contribution in [0.25, 0.3) is 0 Å². The van der Waals surface area contributed by atoms with Gasteiger partial charge in [0.1, 0.15) is 6.23 Å². The molecule has 0 bridgehead atoms. The molecule has 3 aromatic heterocycles. The number of rotatable bonds is 8. The first-order valence-corrected chi connectivity index (χ1v) is 14.3. The SMILES string of the molecule is CC1(C)C[C@@H]1C(=O)N1CC2(C1)CN(C(O)c1cnn(Cc3ccccc3)c1)CC2c1nnc(Cc2ccncc2)o1. The number of likely N-dealkylation sites (tertiary alicyclic amines) is 2. The van der Waals surface area contributed by atoms with E-state index in [1.807, 2.05) is 46.1 Å². The lowest BCUT2D eigenvalue weighted by Gasteiger charge is -2.50. The first-order valence-electron chi connectivity index (χ1n) is 14.3. The maximum atomic E-state index is 13.2. The van der Waals surface area contributed by atoms with E-state index in [0.717, 1.165) is 23.1 Å². The fraction of sp³-hybridized carbons (Fsp3) is 0.452. The molecule has 3 aliphatic rings. The van der Waals surface area contributed by atoms with Crippen molar-refractivity contribution in [3.8, 4) is 0 Å². The van der Waals surface area contributed by atoms with Gasteiger partial charge >= 0.3 is 0 Å². The van der Waals surface area contributed by atoms with Crippen LogP contribution in [-0.4, -0.2) is 72.0 Å². The number of pyridine rings is 1. The Bertz CT molecular complexity index is 1530. The van der Waals surface area contributed by atoms with Crippen molar-refractivity contribution in [1.29, 1.82) is 0 Å². The Morgan fingerprint density at radius 1 is 1.07 bits per heavy atom. The van der Waals surface area contributed by atoms with Crippen molar-refractivity contribution in [3.63, 3.8) is 0 Å².